The van der Waals surface area contributed by atoms with Gasteiger partial charge in [-0.3, -0.25) is 14.5 Å². The number of nitrogens with zero attached hydrogens (tertiary/aromatic N) is 2. The maximum absolute atomic E-state index is 12.7. The summed E-state index contributed by atoms with van der Waals surface area (Å²) in [6, 6.07) is 11.4. The van der Waals surface area contributed by atoms with E-state index in [0.717, 1.165) is 7.05 Å². The van der Waals surface area contributed by atoms with Gasteiger partial charge in [-0.1, -0.05) is 30.3 Å². The van der Waals surface area contributed by atoms with Crippen LogP contribution in [0.1, 0.15) is 15.9 Å². The van der Waals surface area contributed by atoms with E-state index in [1.54, 1.807) is 24.4 Å². The van der Waals surface area contributed by atoms with Gasteiger partial charge in [0.1, 0.15) is 11.8 Å². The Kier molecular flexibility index (Phi) is 8.04. The van der Waals surface area contributed by atoms with Crippen molar-refractivity contribution in [2.24, 2.45) is 0 Å². The highest BCUT2D eigenvalue weighted by Crippen LogP contribution is 2.17. The molecule has 2 rings (SSSR count). The fraction of sp³-hybridized carbons (Fsp3) is 0.250. The van der Waals surface area contributed by atoms with Gasteiger partial charge in [-0.25, -0.2) is 8.42 Å². The molecule has 2 aromatic rings. The highest BCUT2D eigenvalue weighted by Gasteiger charge is 2.30. The predicted octanol–water partition coefficient (Wildman–Crippen LogP) is 1.94. The number of halogens is 2. The number of carbonyl (C=O) groups is 2. The number of nitriles is 1. The average Bonchev–Trinajstić information content (AvgIpc) is 2.73. The van der Waals surface area contributed by atoms with Gasteiger partial charge < -0.3 is 10.1 Å². The van der Waals surface area contributed by atoms with Crippen LogP contribution in [0.5, 0.6) is 5.75 Å². The Hall–Kier alpha value is -3.52. The first-order valence-corrected chi connectivity index (χ1v) is 10.7. The molecule has 8 nitrogen and oxygen atoms in total. The molecule has 1 N–H and O–H groups in total. The highest BCUT2D eigenvalue weighted by atomic mass is 32.2. The summed E-state index contributed by atoms with van der Waals surface area (Å²) in [5.74, 6) is -2.96. The maximum Gasteiger partial charge on any atom is 0.387 e. The molecule has 1 atom stereocenters. The van der Waals surface area contributed by atoms with E-state index in [0.29, 0.717) is 4.90 Å². The molecule has 0 unspecified atom stereocenters. The SMILES string of the molecule is CN(C#N)C(=O)[C@H](CS(=O)(=O)Cc1ccc(OC(F)F)cc1)NC(=O)c1ccccc1. The second kappa shape index (κ2) is 10.5. The maximum atomic E-state index is 12.7. The van der Waals surface area contributed by atoms with Gasteiger partial charge in [0.05, 0.1) is 11.5 Å². The van der Waals surface area contributed by atoms with E-state index < -0.39 is 45.8 Å². The van der Waals surface area contributed by atoms with Crippen molar-refractivity contribution in [1.29, 1.82) is 5.26 Å². The standard InChI is InChI=1S/C20H19F2N3O5S/c1-25(13-23)19(27)17(24-18(26)15-5-3-2-4-6-15)12-31(28,29)11-14-7-9-16(10-8-14)30-20(21)22/h2-10,17,20H,11-12H2,1H3,(H,24,26)/t17-/m0/s1. The molecule has 31 heavy (non-hydrogen) atoms. The molecular weight excluding hydrogens is 432 g/mol. The Morgan fingerprint density at radius 1 is 1.13 bits per heavy atom. The zero-order valence-corrected chi connectivity index (χ0v) is 17.2. The van der Waals surface area contributed by atoms with Crippen molar-refractivity contribution in [1.82, 2.24) is 10.2 Å². The summed E-state index contributed by atoms with van der Waals surface area (Å²) in [6.45, 7) is -3.01. The summed E-state index contributed by atoms with van der Waals surface area (Å²) < 4.78 is 54.0. The molecule has 0 spiro atoms. The van der Waals surface area contributed by atoms with Gasteiger partial charge >= 0.3 is 6.61 Å². The normalized spacial score (nSPS) is 12.0. The molecule has 0 aromatic heterocycles. The van der Waals surface area contributed by atoms with Crippen LogP contribution in [-0.2, 0) is 20.4 Å². The monoisotopic (exact) mass is 451 g/mol. The summed E-state index contributed by atoms with van der Waals surface area (Å²) in [7, 11) is -2.79. The van der Waals surface area contributed by atoms with Gasteiger partial charge in [0.25, 0.3) is 11.8 Å². The number of hydrogen-bond acceptors (Lipinski definition) is 6. The number of carbonyl (C=O) groups excluding carboxylic acids is 2. The van der Waals surface area contributed by atoms with Crippen molar-refractivity contribution < 1.29 is 31.5 Å². The van der Waals surface area contributed by atoms with E-state index in [2.05, 4.69) is 10.1 Å². The number of alkyl halides is 2. The molecule has 0 heterocycles. The lowest BCUT2D eigenvalue weighted by atomic mass is 10.2. The molecule has 0 radical (unpaired) electrons. The van der Waals surface area contributed by atoms with Crippen LogP contribution < -0.4 is 10.1 Å². The molecule has 0 bridgehead atoms. The molecule has 0 fully saturated rings. The van der Waals surface area contributed by atoms with Gasteiger partial charge in [0.15, 0.2) is 16.0 Å². The molecule has 0 aliphatic heterocycles. The first kappa shape index (κ1) is 23.8. The molecule has 0 saturated heterocycles. The fourth-order valence-electron chi connectivity index (χ4n) is 2.62. The topological polar surface area (TPSA) is 117 Å². The summed E-state index contributed by atoms with van der Waals surface area (Å²) >= 11 is 0. The van der Waals surface area contributed by atoms with Crippen LogP contribution in [0.3, 0.4) is 0 Å². The minimum Gasteiger partial charge on any atom is -0.435 e. The summed E-state index contributed by atoms with van der Waals surface area (Å²) in [4.78, 5) is 25.5. The zero-order chi connectivity index (χ0) is 23.0. The Labute approximate surface area is 178 Å². The minimum absolute atomic E-state index is 0.130. The lowest BCUT2D eigenvalue weighted by molar-refractivity contribution is -0.128. The number of likely N-dealkylation sites (N-methyl/N-ethyl adjacent to an activating group) is 1. The lowest BCUT2D eigenvalue weighted by Crippen LogP contribution is -2.50. The summed E-state index contributed by atoms with van der Waals surface area (Å²) in [6.07, 6.45) is 1.58. The van der Waals surface area contributed by atoms with Crippen LogP contribution in [0, 0.1) is 11.5 Å². The number of nitrogens with one attached hydrogen (secondary N) is 1. The van der Waals surface area contributed by atoms with Crippen molar-refractivity contribution in [3.05, 3.63) is 65.7 Å². The van der Waals surface area contributed by atoms with E-state index in [-0.39, 0.29) is 16.9 Å². The molecule has 164 valence electrons. The van der Waals surface area contributed by atoms with E-state index in [9.17, 15) is 26.8 Å². The number of benzene rings is 2. The van der Waals surface area contributed by atoms with Crippen LogP contribution in [0.4, 0.5) is 8.78 Å². The summed E-state index contributed by atoms with van der Waals surface area (Å²) in [5.41, 5.74) is 0.489. The predicted molar refractivity (Wildman–Crippen MR) is 107 cm³/mol. The number of amides is 2. The number of sulfone groups is 1. The van der Waals surface area contributed by atoms with Crippen molar-refractivity contribution in [2.45, 2.75) is 18.4 Å². The van der Waals surface area contributed by atoms with Crippen molar-refractivity contribution in [3.8, 4) is 11.9 Å². The van der Waals surface area contributed by atoms with Crippen LogP contribution >= 0.6 is 0 Å². The molecule has 2 aromatic carbocycles. The second-order valence-corrected chi connectivity index (χ2v) is 8.58. The fourth-order valence-corrected chi connectivity index (χ4v) is 4.17. The Bertz CT molecular complexity index is 1050. The van der Waals surface area contributed by atoms with Crippen LogP contribution in [0.2, 0.25) is 0 Å². The molecule has 2 amide bonds. The third-order valence-corrected chi connectivity index (χ3v) is 5.69. The first-order valence-electron chi connectivity index (χ1n) is 8.88. The van der Waals surface area contributed by atoms with Crippen molar-refractivity contribution in [2.75, 3.05) is 12.8 Å². The Balaban J connectivity index is 2.17. The van der Waals surface area contributed by atoms with Crippen molar-refractivity contribution in [3.63, 3.8) is 0 Å². The van der Waals surface area contributed by atoms with E-state index in [1.165, 1.54) is 36.4 Å². The average molecular weight is 451 g/mol. The quantitative estimate of drug-likeness (QED) is 0.460. The largest absolute Gasteiger partial charge is 0.435 e. The number of hydrogen-bond donors (Lipinski definition) is 1. The third kappa shape index (κ3) is 7.35. The van der Waals surface area contributed by atoms with Gasteiger partial charge in [-0.2, -0.15) is 14.0 Å². The van der Waals surface area contributed by atoms with Crippen LogP contribution in [0.25, 0.3) is 0 Å². The van der Waals surface area contributed by atoms with Gasteiger partial charge in [-0.15, -0.1) is 0 Å². The van der Waals surface area contributed by atoms with Crippen LogP contribution in [-0.4, -0.2) is 50.6 Å². The van der Waals surface area contributed by atoms with Gasteiger partial charge in [0, 0.05) is 12.6 Å². The molecule has 11 heteroatoms. The highest BCUT2D eigenvalue weighted by molar-refractivity contribution is 7.90. The minimum atomic E-state index is -3.94. The van der Waals surface area contributed by atoms with E-state index in [4.69, 9.17) is 5.26 Å². The lowest BCUT2D eigenvalue weighted by Gasteiger charge is -2.20. The molecule has 0 aliphatic rings. The zero-order valence-electron chi connectivity index (χ0n) is 16.4. The Morgan fingerprint density at radius 2 is 1.74 bits per heavy atom. The smallest absolute Gasteiger partial charge is 0.387 e. The van der Waals surface area contributed by atoms with Gasteiger partial charge in [0.2, 0.25) is 0 Å². The van der Waals surface area contributed by atoms with E-state index >= 15 is 0 Å². The number of rotatable bonds is 9. The molecule has 0 saturated carbocycles. The van der Waals surface area contributed by atoms with Crippen molar-refractivity contribution >= 4 is 21.7 Å². The van der Waals surface area contributed by atoms with Gasteiger partial charge in [-0.05, 0) is 29.8 Å². The van der Waals surface area contributed by atoms with Crippen LogP contribution in [0.15, 0.2) is 54.6 Å². The molecular formula is C20H19F2N3O5S. The number of ether oxygens (including phenoxy) is 1. The molecule has 0 aliphatic carbocycles. The second-order valence-electron chi connectivity index (χ2n) is 6.47. The summed E-state index contributed by atoms with van der Waals surface area (Å²) in [5, 5.41) is 11.3. The third-order valence-electron chi connectivity index (χ3n) is 4.08. The first-order chi connectivity index (χ1) is 14.6. The Morgan fingerprint density at radius 3 is 2.29 bits per heavy atom. The van der Waals surface area contributed by atoms with E-state index in [1.807, 2.05) is 0 Å².